The lowest BCUT2D eigenvalue weighted by molar-refractivity contribution is 0.114. The monoisotopic (exact) mass is 285 g/mol. The van der Waals surface area contributed by atoms with Crippen LogP contribution in [-0.4, -0.2) is 24.4 Å². The highest BCUT2D eigenvalue weighted by Crippen LogP contribution is 2.32. The summed E-state index contributed by atoms with van der Waals surface area (Å²) >= 11 is 0. The maximum Gasteiger partial charge on any atom is 0.119 e. The average molecular weight is 285 g/mol. The van der Waals surface area contributed by atoms with Gasteiger partial charge in [-0.25, -0.2) is 0 Å². The molecule has 0 aliphatic heterocycles. The lowest BCUT2D eigenvalue weighted by Gasteiger charge is -2.26. The van der Waals surface area contributed by atoms with Crippen LogP contribution in [0.1, 0.15) is 25.0 Å². The fourth-order valence-corrected chi connectivity index (χ4v) is 2.25. The van der Waals surface area contributed by atoms with E-state index in [2.05, 4.69) is 50.2 Å². The summed E-state index contributed by atoms with van der Waals surface area (Å²) in [7, 11) is 0. The zero-order chi connectivity index (χ0) is 15.3. The number of aliphatic hydroxyl groups is 1. The van der Waals surface area contributed by atoms with Crippen molar-refractivity contribution < 1.29 is 9.84 Å². The standard InChI is InChI=1S/C18H23NO2/c1-18(2,14-6-4-3-5-7-14)15-8-10-17(11-9-15)21-13-16(20)12-19/h3-11,16,20H,12-13,19H2,1-2H3. The van der Waals surface area contributed by atoms with Gasteiger partial charge in [-0.15, -0.1) is 0 Å². The van der Waals surface area contributed by atoms with E-state index >= 15 is 0 Å². The Balaban J connectivity index is 2.11. The van der Waals surface area contributed by atoms with Crippen molar-refractivity contribution in [2.45, 2.75) is 25.4 Å². The minimum atomic E-state index is -0.620. The second-order valence-corrected chi connectivity index (χ2v) is 5.72. The van der Waals surface area contributed by atoms with Gasteiger partial charge in [-0.05, 0) is 23.3 Å². The maximum atomic E-state index is 9.40. The summed E-state index contributed by atoms with van der Waals surface area (Å²) in [5.41, 5.74) is 7.79. The topological polar surface area (TPSA) is 55.5 Å². The van der Waals surface area contributed by atoms with Gasteiger partial charge in [-0.1, -0.05) is 56.3 Å². The van der Waals surface area contributed by atoms with E-state index in [1.54, 1.807) is 0 Å². The van der Waals surface area contributed by atoms with Crippen LogP contribution in [0.2, 0.25) is 0 Å². The first-order chi connectivity index (χ1) is 10.0. The van der Waals surface area contributed by atoms with E-state index in [1.807, 2.05) is 18.2 Å². The molecule has 0 fully saturated rings. The molecule has 2 aromatic rings. The molecule has 2 rings (SSSR count). The van der Waals surface area contributed by atoms with E-state index in [9.17, 15) is 5.11 Å². The SMILES string of the molecule is CC(C)(c1ccccc1)c1ccc(OCC(O)CN)cc1. The molecule has 1 unspecified atom stereocenters. The largest absolute Gasteiger partial charge is 0.491 e. The number of hydrogen-bond acceptors (Lipinski definition) is 3. The lowest BCUT2D eigenvalue weighted by atomic mass is 9.78. The Morgan fingerprint density at radius 1 is 1.00 bits per heavy atom. The Morgan fingerprint density at radius 2 is 1.57 bits per heavy atom. The van der Waals surface area contributed by atoms with Gasteiger partial charge in [0.25, 0.3) is 0 Å². The molecule has 0 radical (unpaired) electrons. The summed E-state index contributed by atoms with van der Waals surface area (Å²) in [5, 5.41) is 9.40. The third-order valence-electron chi connectivity index (χ3n) is 3.79. The highest BCUT2D eigenvalue weighted by atomic mass is 16.5. The summed E-state index contributed by atoms with van der Waals surface area (Å²) < 4.78 is 5.50. The van der Waals surface area contributed by atoms with Gasteiger partial charge in [0.2, 0.25) is 0 Å². The lowest BCUT2D eigenvalue weighted by Crippen LogP contribution is -2.26. The molecule has 0 spiro atoms. The quantitative estimate of drug-likeness (QED) is 0.858. The normalized spacial score (nSPS) is 13.0. The summed E-state index contributed by atoms with van der Waals surface area (Å²) in [6.45, 7) is 4.84. The molecule has 112 valence electrons. The van der Waals surface area contributed by atoms with Crippen molar-refractivity contribution in [1.82, 2.24) is 0 Å². The zero-order valence-corrected chi connectivity index (χ0v) is 12.6. The highest BCUT2D eigenvalue weighted by molar-refractivity contribution is 5.39. The van der Waals surface area contributed by atoms with Crippen LogP contribution in [-0.2, 0) is 5.41 Å². The van der Waals surface area contributed by atoms with Gasteiger partial charge in [0.1, 0.15) is 18.5 Å². The van der Waals surface area contributed by atoms with Crippen molar-refractivity contribution in [3.63, 3.8) is 0 Å². The smallest absolute Gasteiger partial charge is 0.119 e. The van der Waals surface area contributed by atoms with Crippen LogP contribution in [0.25, 0.3) is 0 Å². The molecular formula is C18H23NO2. The molecule has 2 aromatic carbocycles. The van der Waals surface area contributed by atoms with Gasteiger partial charge < -0.3 is 15.6 Å². The summed E-state index contributed by atoms with van der Waals surface area (Å²) in [6, 6.07) is 18.4. The van der Waals surface area contributed by atoms with E-state index in [-0.39, 0.29) is 18.6 Å². The Morgan fingerprint density at radius 3 is 2.14 bits per heavy atom. The van der Waals surface area contributed by atoms with Crippen molar-refractivity contribution in [3.8, 4) is 5.75 Å². The molecule has 0 saturated heterocycles. The van der Waals surface area contributed by atoms with Gasteiger partial charge >= 0.3 is 0 Å². The minimum Gasteiger partial charge on any atom is -0.491 e. The molecule has 3 N–H and O–H groups in total. The number of benzene rings is 2. The molecule has 0 amide bonds. The molecule has 3 heteroatoms. The number of rotatable bonds is 6. The van der Waals surface area contributed by atoms with E-state index in [4.69, 9.17) is 10.5 Å². The van der Waals surface area contributed by atoms with E-state index in [0.717, 1.165) is 5.75 Å². The van der Waals surface area contributed by atoms with Crippen molar-refractivity contribution in [2.75, 3.05) is 13.2 Å². The van der Waals surface area contributed by atoms with Crippen LogP contribution in [0.3, 0.4) is 0 Å². The average Bonchev–Trinajstić information content (AvgIpc) is 2.53. The molecule has 3 nitrogen and oxygen atoms in total. The van der Waals surface area contributed by atoms with Crippen LogP contribution in [0.5, 0.6) is 5.75 Å². The fraction of sp³-hybridized carbons (Fsp3) is 0.333. The van der Waals surface area contributed by atoms with Gasteiger partial charge in [-0.2, -0.15) is 0 Å². The van der Waals surface area contributed by atoms with Crippen LogP contribution >= 0.6 is 0 Å². The molecule has 1 atom stereocenters. The van der Waals surface area contributed by atoms with E-state index < -0.39 is 6.10 Å². The molecule has 0 heterocycles. The summed E-state index contributed by atoms with van der Waals surface area (Å²) in [5.74, 6) is 0.745. The third-order valence-corrected chi connectivity index (χ3v) is 3.79. The van der Waals surface area contributed by atoms with Crippen molar-refractivity contribution in [1.29, 1.82) is 0 Å². The predicted molar refractivity (Wildman–Crippen MR) is 85.6 cm³/mol. The van der Waals surface area contributed by atoms with Crippen LogP contribution in [0.4, 0.5) is 0 Å². The van der Waals surface area contributed by atoms with Crippen molar-refractivity contribution in [2.24, 2.45) is 5.73 Å². The second kappa shape index (κ2) is 6.74. The van der Waals surface area contributed by atoms with Crippen molar-refractivity contribution >= 4 is 0 Å². The zero-order valence-electron chi connectivity index (χ0n) is 12.6. The van der Waals surface area contributed by atoms with E-state index in [0.29, 0.717) is 0 Å². The molecule has 0 aliphatic carbocycles. The molecule has 0 bridgehead atoms. The third kappa shape index (κ3) is 3.84. The minimum absolute atomic E-state index is 0.0590. The fourth-order valence-electron chi connectivity index (χ4n) is 2.25. The second-order valence-electron chi connectivity index (χ2n) is 5.72. The van der Waals surface area contributed by atoms with Crippen molar-refractivity contribution in [3.05, 3.63) is 65.7 Å². The van der Waals surface area contributed by atoms with Gasteiger partial charge in [-0.3, -0.25) is 0 Å². The Bertz CT molecular complexity index is 549. The summed E-state index contributed by atoms with van der Waals surface area (Å²) in [6.07, 6.45) is -0.620. The highest BCUT2D eigenvalue weighted by Gasteiger charge is 2.22. The van der Waals surface area contributed by atoms with Crippen LogP contribution in [0.15, 0.2) is 54.6 Å². The number of hydrogen-bond donors (Lipinski definition) is 2. The number of nitrogens with two attached hydrogens (primary N) is 1. The van der Waals surface area contributed by atoms with Crippen LogP contribution in [0, 0.1) is 0 Å². The number of ether oxygens (including phenoxy) is 1. The first-order valence-electron chi connectivity index (χ1n) is 7.21. The van der Waals surface area contributed by atoms with E-state index in [1.165, 1.54) is 11.1 Å². The molecular weight excluding hydrogens is 262 g/mol. The molecule has 0 aliphatic rings. The molecule has 0 aromatic heterocycles. The first kappa shape index (κ1) is 15.5. The van der Waals surface area contributed by atoms with Gasteiger partial charge in [0, 0.05) is 12.0 Å². The first-order valence-corrected chi connectivity index (χ1v) is 7.21. The Hall–Kier alpha value is -1.84. The predicted octanol–water partition coefficient (Wildman–Crippen LogP) is 2.71. The molecule has 0 saturated carbocycles. The maximum absolute atomic E-state index is 9.40. The Kier molecular flexibility index (Phi) is 4.99. The Labute approximate surface area is 126 Å². The molecule has 21 heavy (non-hydrogen) atoms. The van der Waals surface area contributed by atoms with Gasteiger partial charge in [0.15, 0.2) is 0 Å². The van der Waals surface area contributed by atoms with Crippen LogP contribution < -0.4 is 10.5 Å². The number of aliphatic hydroxyl groups excluding tert-OH is 1. The summed E-state index contributed by atoms with van der Waals surface area (Å²) in [4.78, 5) is 0. The van der Waals surface area contributed by atoms with Gasteiger partial charge in [0.05, 0.1) is 0 Å².